The van der Waals surface area contributed by atoms with Crippen molar-refractivity contribution in [3.05, 3.63) is 125 Å². The Morgan fingerprint density at radius 3 is 2.26 bits per heavy atom. The number of nitrogens with one attached hydrogen (secondary N) is 2. The van der Waals surface area contributed by atoms with E-state index in [2.05, 4.69) is 22.5 Å². The summed E-state index contributed by atoms with van der Waals surface area (Å²) in [6.45, 7) is 4.01. The van der Waals surface area contributed by atoms with Crippen LogP contribution in [0.3, 0.4) is 0 Å². The third kappa shape index (κ3) is 8.09. The highest BCUT2D eigenvalue weighted by Gasteiger charge is 2.38. The lowest BCUT2D eigenvalue weighted by atomic mass is 9.91. The number of ether oxygens (including phenoxy) is 2. The van der Waals surface area contributed by atoms with Crippen LogP contribution in [0.25, 0.3) is 0 Å². The average molecular weight is 598 g/mol. The summed E-state index contributed by atoms with van der Waals surface area (Å²) in [4.78, 5) is 28.8. The standard InChI is InChI=1S/C34H35N3O5S/c1-22-31(21-43-30-15-13-29(14-16-30)37-23(2)39)41-34(42-32(22)26-9-7-25(20-38)8-10-26)27-11-5-24(6-12-27)18-36-33(40)28-4-3-17-35-19-28/h3-17,19,22,31-32,34,38H,18,20-21H2,1-2H3,(H,36,40)(H,37,39)/t22-,31+,32+,34+/m0/s1. The molecule has 5 rings (SSSR count). The van der Waals surface area contributed by atoms with Crippen molar-refractivity contribution < 1.29 is 24.2 Å². The zero-order valence-electron chi connectivity index (χ0n) is 24.1. The number of benzene rings is 3. The topological polar surface area (TPSA) is 110 Å². The number of nitrogens with zero attached hydrogens (tertiary/aromatic N) is 1. The highest BCUT2D eigenvalue weighted by Crippen LogP contribution is 2.43. The summed E-state index contributed by atoms with van der Waals surface area (Å²) in [5.41, 5.74) is 5.00. The molecular formula is C34H35N3O5S. The average Bonchev–Trinajstić information content (AvgIpc) is 3.04. The number of carbonyl (C=O) groups excluding carboxylic acids is 2. The van der Waals surface area contributed by atoms with Gasteiger partial charge in [0.05, 0.1) is 24.4 Å². The minimum Gasteiger partial charge on any atom is -0.392 e. The molecule has 3 N–H and O–H groups in total. The van der Waals surface area contributed by atoms with E-state index in [-0.39, 0.29) is 36.5 Å². The van der Waals surface area contributed by atoms with Gasteiger partial charge in [-0.25, -0.2) is 0 Å². The number of pyridine rings is 1. The maximum absolute atomic E-state index is 12.4. The van der Waals surface area contributed by atoms with Crippen molar-refractivity contribution in [3.63, 3.8) is 0 Å². The lowest BCUT2D eigenvalue weighted by molar-refractivity contribution is -0.268. The molecule has 8 nitrogen and oxygen atoms in total. The van der Waals surface area contributed by atoms with Gasteiger partial charge in [0.15, 0.2) is 6.29 Å². The van der Waals surface area contributed by atoms with Gasteiger partial charge in [0, 0.05) is 53.7 Å². The second-order valence-corrected chi connectivity index (χ2v) is 11.6. The van der Waals surface area contributed by atoms with Crippen LogP contribution in [0.1, 0.15) is 58.9 Å². The normalized spacial score (nSPS) is 19.9. The van der Waals surface area contributed by atoms with Gasteiger partial charge in [0.25, 0.3) is 5.91 Å². The molecule has 222 valence electrons. The maximum atomic E-state index is 12.4. The summed E-state index contributed by atoms with van der Waals surface area (Å²) >= 11 is 1.70. The van der Waals surface area contributed by atoms with E-state index in [4.69, 9.17) is 9.47 Å². The van der Waals surface area contributed by atoms with Crippen LogP contribution in [0.5, 0.6) is 0 Å². The number of hydrogen-bond acceptors (Lipinski definition) is 7. The predicted octanol–water partition coefficient (Wildman–Crippen LogP) is 6.05. The molecule has 0 bridgehead atoms. The van der Waals surface area contributed by atoms with E-state index in [0.29, 0.717) is 17.9 Å². The monoisotopic (exact) mass is 597 g/mol. The Morgan fingerprint density at radius 1 is 0.907 bits per heavy atom. The maximum Gasteiger partial charge on any atom is 0.253 e. The van der Waals surface area contributed by atoms with Crippen molar-refractivity contribution in [1.82, 2.24) is 10.3 Å². The summed E-state index contributed by atoms with van der Waals surface area (Å²) in [5.74, 6) is 0.496. The molecule has 43 heavy (non-hydrogen) atoms. The second kappa shape index (κ2) is 14.4. The van der Waals surface area contributed by atoms with Gasteiger partial charge in [-0.1, -0.05) is 55.5 Å². The molecule has 3 aromatic carbocycles. The van der Waals surface area contributed by atoms with Gasteiger partial charge in [-0.2, -0.15) is 0 Å². The molecule has 1 saturated heterocycles. The number of thioether (sulfide) groups is 1. The number of aromatic nitrogens is 1. The minimum atomic E-state index is -0.578. The van der Waals surface area contributed by atoms with Crippen molar-refractivity contribution in [2.75, 3.05) is 11.1 Å². The van der Waals surface area contributed by atoms with Gasteiger partial charge >= 0.3 is 0 Å². The van der Waals surface area contributed by atoms with Crippen LogP contribution in [0.4, 0.5) is 5.69 Å². The van der Waals surface area contributed by atoms with Crippen LogP contribution in [-0.4, -0.2) is 33.8 Å². The molecule has 1 fully saturated rings. The fourth-order valence-corrected chi connectivity index (χ4v) is 5.97. The molecule has 1 aliphatic heterocycles. The molecule has 0 saturated carbocycles. The Labute approximate surface area is 255 Å². The van der Waals surface area contributed by atoms with Crippen molar-refractivity contribution in [2.24, 2.45) is 5.92 Å². The van der Waals surface area contributed by atoms with Crippen molar-refractivity contribution in [1.29, 1.82) is 0 Å². The van der Waals surface area contributed by atoms with Crippen LogP contribution in [-0.2, 0) is 27.4 Å². The molecule has 4 atom stereocenters. The summed E-state index contributed by atoms with van der Waals surface area (Å²) in [7, 11) is 0. The third-order valence-corrected chi connectivity index (χ3v) is 8.44. The molecule has 2 heterocycles. The number of aliphatic hydroxyl groups excluding tert-OH is 1. The smallest absolute Gasteiger partial charge is 0.253 e. The Balaban J connectivity index is 1.29. The highest BCUT2D eigenvalue weighted by atomic mass is 32.2. The number of amides is 2. The van der Waals surface area contributed by atoms with Crippen LogP contribution in [0.2, 0.25) is 0 Å². The first-order valence-electron chi connectivity index (χ1n) is 14.2. The Hall–Kier alpha value is -4.02. The molecular weight excluding hydrogens is 562 g/mol. The van der Waals surface area contributed by atoms with Crippen LogP contribution in [0.15, 0.2) is 102 Å². The Morgan fingerprint density at radius 2 is 1.60 bits per heavy atom. The quantitative estimate of drug-likeness (QED) is 0.191. The highest BCUT2D eigenvalue weighted by molar-refractivity contribution is 7.99. The largest absolute Gasteiger partial charge is 0.392 e. The van der Waals surface area contributed by atoms with E-state index in [9.17, 15) is 14.7 Å². The molecule has 9 heteroatoms. The fourth-order valence-electron chi connectivity index (χ4n) is 4.90. The zero-order valence-corrected chi connectivity index (χ0v) is 24.9. The van der Waals surface area contributed by atoms with Gasteiger partial charge in [0.1, 0.15) is 0 Å². The van der Waals surface area contributed by atoms with Crippen molar-refractivity contribution in [2.45, 2.75) is 50.4 Å². The summed E-state index contributed by atoms with van der Waals surface area (Å²) in [6.07, 6.45) is 2.28. The van der Waals surface area contributed by atoms with E-state index in [1.807, 2.05) is 72.8 Å². The van der Waals surface area contributed by atoms with Gasteiger partial charge in [-0.05, 0) is 53.1 Å². The number of anilines is 1. The Bertz CT molecular complexity index is 1500. The van der Waals surface area contributed by atoms with Crippen molar-refractivity contribution in [3.8, 4) is 0 Å². The van der Waals surface area contributed by atoms with Crippen LogP contribution in [0, 0.1) is 5.92 Å². The van der Waals surface area contributed by atoms with Gasteiger partial charge in [-0.3, -0.25) is 14.6 Å². The molecule has 0 unspecified atom stereocenters. The first-order chi connectivity index (χ1) is 20.9. The molecule has 2 amide bonds. The molecule has 1 aromatic heterocycles. The predicted molar refractivity (Wildman–Crippen MR) is 166 cm³/mol. The first-order valence-corrected chi connectivity index (χ1v) is 15.2. The number of rotatable bonds is 10. The molecule has 1 aliphatic rings. The van der Waals surface area contributed by atoms with E-state index >= 15 is 0 Å². The van der Waals surface area contributed by atoms with E-state index in [0.717, 1.165) is 32.8 Å². The fraction of sp³-hybridized carbons (Fsp3) is 0.265. The summed E-state index contributed by atoms with van der Waals surface area (Å²) in [6, 6.07) is 27.0. The third-order valence-electron chi connectivity index (χ3n) is 7.34. The Kier molecular flexibility index (Phi) is 10.2. The molecule has 0 aliphatic carbocycles. The zero-order chi connectivity index (χ0) is 30.2. The number of hydrogen-bond donors (Lipinski definition) is 3. The molecule has 4 aromatic rings. The molecule has 0 radical (unpaired) electrons. The van der Waals surface area contributed by atoms with Crippen LogP contribution < -0.4 is 10.6 Å². The molecule has 0 spiro atoms. The lowest BCUT2D eigenvalue weighted by Gasteiger charge is -2.41. The van der Waals surface area contributed by atoms with Gasteiger partial charge in [0.2, 0.25) is 5.91 Å². The number of carbonyl (C=O) groups is 2. The van der Waals surface area contributed by atoms with E-state index in [1.54, 1.807) is 36.3 Å². The van der Waals surface area contributed by atoms with Gasteiger partial charge in [-0.15, -0.1) is 11.8 Å². The van der Waals surface area contributed by atoms with Gasteiger partial charge < -0.3 is 25.2 Å². The summed E-state index contributed by atoms with van der Waals surface area (Å²) < 4.78 is 13.1. The van der Waals surface area contributed by atoms with Crippen molar-refractivity contribution >= 4 is 29.3 Å². The SMILES string of the molecule is CC(=O)Nc1ccc(SC[C@H]2O[C@@H](c3ccc(CNC(=O)c4cccnc4)cc3)O[C@@H](c3ccc(CO)cc3)[C@H]2C)cc1. The summed E-state index contributed by atoms with van der Waals surface area (Å²) in [5, 5.41) is 15.2. The lowest BCUT2D eigenvalue weighted by Crippen LogP contribution is -2.38. The van der Waals surface area contributed by atoms with E-state index < -0.39 is 6.29 Å². The van der Waals surface area contributed by atoms with Crippen LogP contribution >= 0.6 is 11.8 Å². The minimum absolute atomic E-state index is 0.0118. The second-order valence-electron chi connectivity index (χ2n) is 10.5. The number of aliphatic hydroxyl groups is 1. The first kappa shape index (κ1) is 30.4. The van der Waals surface area contributed by atoms with E-state index in [1.165, 1.54) is 6.92 Å².